The van der Waals surface area contributed by atoms with E-state index in [4.69, 9.17) is 9.15 Å². The fourth-order valence-electron chi connectivity index (χ4n) is 3.82. The van der Waals surface area contributed by atoms with E-state index < -0.39 is 17.1 Å². The third-order valence-corrected chi connectivity index (χ3v) is 8.02. The number of ether oxygens (including phenoxy) is 1. The van der Waals surface area contributed by atoms with Crippen LogP contribution >= 0.6 is 23.1 Å². The molecule has 0 aliphatic rings. The average Bonchev–Trinajstić information content (AvgIpc) is 3.67. The second-order valence-electron chi connectivity index (χ2n) is 8.97. The Hall–Kier alpha value is -4.87. The zero-order chi connectivity index (χ0) is 29.5. The number of thiazole rings is 1. The van der Waals surface area contributed by atoms with Crippen LogP contribution in [-0.2, 0) is 9.59 Å². The van der Waals surface area contributed by atoms with Crippen molar-refractivity contribution >= 4 is 67.9 Å². The first-order valence-corrected chi connectivity index (χ1v) is 14.5. The van der Waals surface area contributed by atoms with Crippen LogP contribution in [-0.4, -0.2) is 35.1 Å². The molecule has 5 aromatic rings. The van der Waals surface area contributed by atoms with Crippen LogP contribution in [0.25, 0.3) is 16.3 Å². The van der Waals surface area contributed by atoms with Gasteiger partial charge in [-0.25, -0.2) is 4.98 Å². The summed E-state index contributed by atoms with van der Waals surface area (Å²) in [7, 11) is 1.60. The summed E-state index contributed by atoms with van der Waals surface area (Å²) in [5, 5.41) is 8.47. The lowest BCUT2D eigenvalue weighted by atomic mass is 10.2. The summed E-state index contributed by atoms with van der Waals surface area (Å²) in [5.74, 6) is 0.0306. The molecule has 3 aromatic carbocycles. The Balaban J connectivity index is 1.20. The molecular weight excluding hydrogens is 572 g/mol. The Kier molecular flexibility index (Phi) is 9.00. The van der Waals surface area contributed by atoms with E-state index in [-0.39, 0.29) is 11.6 Å². The van der Waals surface area contributed by atoms with E-state index in [1.54, 1.807) is 61.7 Å². The number of anilines is 2. The second kappa shape index (κ2) is 13.2. The molecule has 3 amide bonds. The van der Waals surface area contributed by atoms with Crippen molar-refractivity contribution in [3.05, 3.63) is 108 Å². The number of amides is 3. The first-order valence-electron chi connectivity index (χ1n) is 12.8. The topological polar surface area (TPSA) is 123 Å². The zero-order valence-electron chi connectivity index (χ0n) is 22.6. The van der Waals surface area contributed by atoms with Crippen molar-refractivity contribution in [2.45, 2.75) is 17.1 Å². The van der Waals surface area contributed by atoms with Crippen molar-refractivity contribution < 1.29 is 23.5 Å². The number of hydrogen-bond donors (Lipinski definition) is 3. The van der Waals surface area contributed by atoms with Crippen LogP contribution in [0.4, 0.5) is 10.8 Å². The van der Waals surface area contributed by atoms with Crippen LogP contribution < -0.4 is 20.7 Å². The van der Waals surface area contributed by atoms with Gasteiger partial charge in [0.15, 0.2) is 5.13 Å². The van der Waals surface area contributed by atoms with Gasteiger partial charge in [0.2, 0.25) is 5.91 Å². The van der Waals surface area contributed by atoms with E-state index in [1.165, 1.54) is 35.4 Å². The van der Waals surface area contributed by atoms with E-state index in [0.29, 0.717) is 22.1 Å². The highest BCUT2D eigenvalue weighted by Gasteiger charge is 2.18. The molecule has 0 bridgehead atoms. The standard InChI is InChI=1S/C31H26N4O5S2/c1-19(28(36)35-31-34-25-15-12-22(39-2)18-27(25)42-31)41-24-13-10-21(11-14-24)32-30(38)26(17-23-9-6-16-40-23)33-29(37)20-7-4-3-5-8-20/h3-19H,1-2H3,(H,32,38)(H,33,37)(H,34,35,36)/b26-17-. The van der Waals surface area contributed by atoms with Crippen molar-refractivity contribution in [3.63, 3.8) is 0 Å². The van der Waals surface area contributed by atoms with E-state index in [9.17, 15) is 14.4 Å². The largest absolute Gasteiger partial charge is 0.497 e. The van der Waals surface area contributed by atoms with Gasteiger partial charge in [0.1, 0.15) is 17.2 Å². The van der Waals surface area contributed by atoms with Gasteiger partial charge in [0, 0.05) is 22.2 Å². The lowest BCUT2D eigenvalue weighted by Gasteiger charge is -2.12. The number of hydrogen-bond acceptors (Lipinski definition) is 8. The predicted molar refractivity (Wildman–Crippen MR) is 166 cm³/mol. The average molecular weight is 599 g/mol. The molecule has 212 valence electrons. The van der Waals surface area contributed by atoms with Crippen LogP contribution in [0.15, 0.2) is 106 Å². The molecule has 1 unspecified atom stereocenters. The van der Waals surface area contributed by atoms with Gasteiger partial charge in [-0.3, -0.25) is 14.4 Å². The number of nitrogens with zero attached hydrogens (tertiary/aromatic N) is 1. The molecule has 0 saturated heterocycles. The maximum absolute atomic E-state index is 13.1. The molecule has 5 rings (SSSR count). The lowest BCUT2D eigenvalue weighted by molar-refractivity contribution is -0.115. The summed E-state index contributed by atoms with van der Waals surface area (Å²) in [6.07, 6.45) is 2.94. The minimum absolute atomic E-state index is 0.0239. The van der Waals surface area contributed by atoms with E-state index >= 15 is 0 Å². The molecule has 0 radical (unpaired) electrons. The van der Waals surface area contributed by atoms with Crippen molar-refractivity contribution in [1.29, 1.82) is 0 Å². The number of benzene rings is 3. The highest BCUT2D eigenvalue weighted by Crippen LogP contribution is 2.31. The molecule has 42 heavy (non-hydrogen) atoms. The molecule has 2 heterocycles. The van der Waals surface area contributed by atoms with Crippen molar-refractivity contribution in [1.82, 2.24) is 10.3 Å². The Morgan fingerprint density at radius 1 is 0.976 bits per heavy atom. The quantitative estimate of drug-likeness (QED) is 0.125. The molecular formula is C31H26N4O5S2. The van der Waals surface area contributed by atoms with Crippen molar-refractivity contribution in [3.8, 4) is 5.75 Å². The summed E-state index contributed by atoms with van der Waals surface area (Å²) < 4.78 is 11.5. The minimum Gasteiger partial charge on any atom is -0.497 e. The van der Waals surface area contributed by atoms with Crippen molar-refractivity contribution in [2.24, 2.45) is 0 Å². The lowest BCUT2D eigenvalue weighted by Crippen LogP contribution is -2.30. The summed E-state index contributed by atoms with van der Waals surface area (Å²) in [6.45, 7) is 1.81. The van der Waals surface area contributed by atoms with Gasteiger partial charge < -0.3 is 25.1 Å². The highest BCUT2D eigenvalue weighted by atomic mass is 32.2. The van der Waals surface area contributed by atoms with Gasteiger partial charge in [0.25, 0.3) is 11.8 Å². The first-order chi connectivity index (χ1) is 20.4. The van der Waals surface area contributed by atoms with Gasteiger partial charge in [-0.1, -0.05) is 29.5 Å². The fraction of sp³-hybridized carbons (Fsp3) is 0.0968. The zero-order valence-corrected chi connectivity index (χ0v) is 24.3. The molecule has 1 atom stereocenters. The van der Waals surface area contributed by atoms with E-state index in [1.807, 2.05) is 37.3 Å². The van der Waals surface area contributed by atoms with Crippen LogP contribution in [0, 0.1) is 0 Å². The molecule has 0 saturated carbocycles. The Labute approximate surface area is 250 Å². The number of furan rings is 1. The number of carbonyl (C=O) groups is 3. The summed E-state index contributed by atoms with van der Waals surface area (Å²) in [6, 6.07) is 24.6. The number of carbonyl (C=O) groups excluding carboxylic acids is 3. The van der Waals surface area contributed by atoms with Gasteiger partial charge in [-0.2, -0.15) is 0 Å². The minimum atomic E-state index is -0.516. The molecule has 0 spiro atoms. The van der Waals surface area contributed by atoms with Crippen LogP contribution in [0.1, 0.15) is 23.0 Å². The van der Waals surface area contributed by atoms with Gasteiger partial charge in [-0.05, 0) is 73.7 Å². The number of fused-ring (bicyclic) bond motifs is 1. The molecule has 0 aliphatic heterocycles. The first kappa shape index (κ1) is 28.7. The molecule has 3 N–H and O–H groups in total. The number of aromatic nitrogens is 1. The van der Waals surface area contributed by atoms with E-state index in [2.05, 4.69) is 20.9 Å². The summed E-state index contributed by atoms with van der Waals surface area (Å²) in [4.78, 5) is 44.0. The maximum atomic E-state index is 13.1. The van der Waals surface area contributed by atoms with Crippen molar-refractivity contribution in [2.75, 3.05) is 17.7 Å². The number of thioether (sulfide) groups is 1. The normalized spacial score (nSPS) is 12.0. The fourth-order valence-corrected chi connectivity index (χ4v) is 5.59. The number of methoxy groups -OCH3 is 1. The van der Waals surface area contributed by atoms with Crippen LogP contribution in [0.3, 0.4) is 0 Å². The maximum Gasteiger partial charge on any atom is 0.272 e. The molecule has 9 nitrogen and oxygen atoms in total. The van der Waals surface area contributed by atoms with Gasteiger partial charge in [0.05, 0.1) is 28.8 Å². The van der Waals surface area contributed by atoms with Gasteiger partial charge >= 0.3 is 0 Å². The van der Waals surface area contributed by atoms with E-state index in [0.717, 1.165) is 20.9 Å². The second-order valence-corrected chi connectivity index (χ2v) is 11.4. The number of nitrogens with one attached hydrogen (secondary N) is 3. The predicted octanol–water partition coefficient (Wildman–Crippen LogP) is 6.43. The SMILES string of the molecule is COc1ccc2nc(NC(=O)C(C)Sc3ccc(NC(=O)/C(=C/c4ccco4)NC(=O)c4ccccc4)cc3)sc2c1. The van der Waals surface area contributed by atoms with Gasteiger partial charge in [-0.15, -0.1) is 11.8 Å². The summed E-state index contributed by atoms with van der Waals surface area (Å²) in [5.41, 5.74) is 1.75. The Morgan fingerprint density at radius 3 is 2.48 bits per heavy atom. The highest BCUT2D eigenvalue weighted by molar-refractivity contribution is 8.00. The van der Waals surface area contributed by atoms with Crippen LogP contribution in [0.5, 0.6) is 5.75 Å². The Morgan fingerprint density at radius 2 is 1.76 bits per heavy atom. The third-order valence-electron chi connectivity index (χ3n) is 5.98. The van der Waals surface area contributed by atoms with Crippen LogP contribution in [0.2, 0.25) is 0 Å². The number of rotatable bonds is 10. The smallest absolute Gasteiger partial charge is 0.272 e. The molecule has 11 heteroatoms. The monoisotopic (exact) mass is 598 g/mol. The molecule has 0 fully saturated rings. The third kappa shape index (κ3) is 7.25. The Bertz CT molecular complexity index is 1730. The summed E-state index contributed by atoms with van der Waals surface area (Å²) >= 11 is 2.76. The molecule has 2 aromatic heterocycles. The molecule has 0 aliphatic carbocycles.